The Hall–Kier alpha value is -4.44. The highest BCUT2D eigenvalue weighted by Gasteiger charge is 2.10. The van der Waals surface area contributed by atoms with Crippen molar-refractivity contribution in [3.8, 4) is 34.3 Å². The SMILES string of the molecule is c1ccc(-c2cccc(Oc3cccc(-c4ccc5c(c4)oc4ccccc45)n3)n2)cc1. The molecule has 6 rings (SSSR count). The second-order valence-electron chi connectivity index (χ2n) is 7.50. The van der Waals surface area contributed by atoms with Crippen LogP contribution in [0.1, 0.15) is 0 Å². The summed E-state index contributed by atoms with van der Waals surface area (Å²) in [6, 6.07) is 35.7. The van der Waals surface area contributed by atoms with Gasteiger partial charge in [-0.25, -0.2) is 9.97 Å². The highest BCUT2D eigenvalue weighted by atomic mass is 16.5. The van der Waals surface area contributed by atoms with Crippen LogP contribution in [0, 0.1) is 0 Å². The third kappa shape index (κ3) is 3.38. The summed E-state index contributed by atoms with van der Waals surface area (Å²) in [7, 11) is 0. The van der Waals surface area contributed by atoms with Crippen molar-refractivity contribution in [1.29, 1.82) is 0 Å². The second-order valence-corrected chi connectivity index (χ2v) is 7.50. The number of hydrogen-bond acceptors (Lipinski definition) is 4. The number of rotatable bonds is 4. The van der Waals surface area contributed by atoms with E-state index in [9.17, 15) is 0 Å². The fourth-order valence-corrected chi connectivity index (χ4v) is 3.87. The molecule has 0 saturated heterocycles. The molecular formula is C28H18N2O2. The second kappa shape index (κ2) is 7.67. The maximum absolute atomic E-state index is 6.03. The maximum Gasteiger partial charge on any atom is 0.221 e. The van der Waals surface area contributed by atoms with Crippen LogP contribution in [0.4, 0.5) is 0 Å². The van der Waals surface area contributed by atoms with Gasteiger partial charge in [0.2, 0.25) is 11.8 Å². The van der Waals surface area contributed by atoms with Gasteiger partial charge in [-0.2, -0.15) is 0 Å². The molecule has 4 nitrogen and oxygen atoms in total. The summed E-state index contributed by atoms with van der Waals surface area (Å²) >= 11 is 0. The Balaban J connectivity index is 1.32. The van der Waals surface area contributed by atoms with E-state index < -0.39 is 0 Å². The number of benzene rings is 3. The van der Waals surface area contributed by atoms with Crippen molar-refractivity contribution in [3.05, 3.63) is 109 Å². The summed E-state index contributed by atoms with van der Waals surface area (Å²) in [5.41, 5.74) is 5.40. The first-order valence-electron chi connectivity index (χ1n) is 10.4. The molecule has 3 heterocycles. The number of nitrogens with zero attached hydrogens (tertiary/aromatic N) is 2. The lowest BCUT2D eigenvalue weighted by atomic mass is 10.1. The van der Waals surface area contributed by atoms with E-state index in [2.05, 4.69) is 23.2 Å². The Morgan fingerprint density at radius 1 is 0.500 bits per heavy atom. The minimum Gasteiger partial charge on any atom is -0.456 e. The van der Waals surface area contributed by atoms with E-state index in [0.29, 0.717) is 11.8 Å². The fraction of sp³-hybridized carbons (Fsp3) is 0. The van der Waals surface area contributed by atoms with E-state index in [4.69, 9.17) is 14.1 Å². The Morgan fingerprint density at radius 2 is 1.16 bits per heavy atom. The molecule has 0 unspecified atom stereocenters. The van der Waals surface area contributed by atoms with Crippen molar-refractivity contribution in [2.75, 3.05) is 0 Å². The zero-order valence-corrected chi connectivity index (χ0v) is 17.1. The van der Waals surface area contributed by atoms with Crippen LogP contribution in [-0.4, -0.2) is 9.97 Å². The van der Waals surface area contributed by atoms with E-state index in [1.807, 2.05) is 91.0 Å². The maximum atomic E-state index is 6.03. The largest absolute Gasteiger partial charge is 0.456 e. The van der Waals surface area contributed by atoms with Gasteiger partial charge in [-0.05, 0) is 30.3 Å². The molecule has 0 aliphatic rings. The average Bonchev–Trinajstić information content (AvgIpc) is 3.23. The molecule has 152 valence electrons. The van der Waals surface area contributed by atoms with Crippen molar-refractivity contribution in [1.82, 2.24) is 9.97 Å². The lowest BCUT2D eigenvalue weighted by Gasteiger charge is -2.08. The van der Waals surface area contributed by atoms with Crippen LogP contribution < -0.4 is 4.74 Å². The molecule has 0 aliphatic carbocycles. The molecule has 0 bridgehead atoms. The Bertz CT molecular complexity index is 1550. The number of para-hydroxylation sites is 1. The number of aromatic nitrogens is 2. The Morgan fingerprint density at radius 3 is 1.94 bits per heavy atom. The van der Waals surface area contributed by atoms with E-state index in [0.717, 1.165) is 44.5 Å². The van der Waals surface area contributed by atoms with Crippen LogP contribution in [0.2, 0.25) is 0 Å². The molecule has 6 aromatic rings. The summed E-state index contributed by atoms with van der Waals surface area (Å²) in [4.78, 5) is 9.33. The topological polar surface area (TPSA) is 48.2 Å². The Kier molecular flexibility index (Phi) is 4.40. The predicted molar refractivity (Wildman–Crippen MR) is 127 cm³/mol. The third-order valence-corrected chi connectivity index (χ3v) is 5.40. The molecule has 0 aliphatic heterocycles. The molecule has 0 atom stereocenters. The molecule has 0 amide bonds. The van der Waals surface area contributed by atoms with Gasteiger partial charge in [0, 0.05) is 34.0 Å². The first-order chi connectivity index (χ1) is 15.8. The number of pyridine rings is 2. The minimum atomic E-state index is 0.491. The highest BCUT2D eigenvalue weighted by molar-refractivity contribution is 6.05. The van der Waals surface area contributed by atoms with Gasteiger partial charge in [0.25, 0.3) is 0 Å². The van der Waals surface area contributed by atoms with Gasteiger partial charge in [-0.3, -0.25) is 0 Å². The molecule has 0 spiro atoms. The highest BCUT2D eigenvalue weighted by Crippen LogP contribution is 2.32. The van der Waals surface area contributed by atoms with E-state index in [1.165, 1.54) is 0 Å². The van der Waals surface area contributed by atoms with Gasteiger partial charge in [0.1, 0.15) is 11.2 Å². The monoisotopic (exact) mass is 414 g/mol. The van der Waals surface area contributed by atoms with Crippen LogP contribution >= 0.6 is 0 Å². The number of fused-ring (bicyclic) bond motifs is 3. The minimum absolute atomic E-state index is 0.491. The van der Waals surface area contributed by atoms with Gasteiger partial charge < -0.3 is 9.15 Å². The van der Waals surface area contributed by atoms with Gasteiger partial charge >= 0.3 is 0 Å². The van der Waals surface area contributed by atoms with Crippen LogP contribution in [0.5, 0.6) is 11.8 Å². The molecular weight excluding hydrogens is 396 g/mol. The number of hydrogen-bond donors (Lipinski definition) is 0. The summed E-state index contributed by atoms with van der Waals surface area (Å²) in [5, 5.41) is 2.21. The van der Waals surface area contributed by atoms with E-state index in [1.54, 1.807) is 0 Å². The number of ether oxygens (including phenoxy) is 1. The predicted octanol–water partition coefficient (Wildman–Crippen LogP) is 7.50. The summed E-state index contributed by atoms with van der Waals surface area (Å²) in [6.07, 6.45) is 0. The molecule has 0 N–H and O–H groups in total. The first-order valence-corrected chi connectivity index (χ1v) is 10.4. The first kappa shape index (κ1) is 18.3. The number of furan rings is 1. The normalized spacial score (nSPS) is 11.1. The van der Waals surface area contributed by atoms with Crippen molar-refractivity contribution < 1.29 is 9.15 Å². The van der Waals surface area contributed by atoms with Crippen molar-refractivity contribution in [3.63, 3.8) is 0 Å². The molecule has 0 radical (unpaired) electrons. The summed E-state index contributed by atoms with van der Waals surface area (Å²) in [5.74, 6) is 0.994. The fourth-order valence-electron chi connectivity index (χ4n) is 3.87. The summed E-state index contributed by atoms with van der Waals surface area (Å²) < 4.78 is 12.0. The third-order valence-electron chi connectivity index (χ3n) is 5.40. The van der Waals surface area contributed by atoms with E-state index >= 15 is 0 Å². The van der Waals surface area contributed by atoms with Crippen LogP contribution in [-0.2, 0) is 0 Å². The molecule has 3 aromatic carbocycles. The van der Waals surface area contributed by atoms with E-state index in [-0.39, 0.29) is 0 Å². The zero-order valence-electron chi connectivity index (χ0n) is 17.1. The summed E-state index contributed by atoms with van der Waals surface area (Å²) in [6.45, 7) is 0. The zero-order chi connectivity index (χ0) is 21.3. The molecule has 0 saturated carbocycles. The van der Waals surface area contributed by atoms with Crippen molar-refractivity contribution in [2.24, 2.45) is 0 Å². The van der Waals surface area contributed by atoms with Crippen LogP contribution in [0.3, 0.4) is 0 Å². The van der Waals surface area contributed by atoms with Gasteiger partial charge in [-0.1, -0.05) is 66.7 Å². The van der Waals surface area contributed by atoms with Crippen molar-refractivity contribution >= 4 is 21.9 Å². The van der Waals surface area contributed by atoms with Crippen LogP contribution in [0.15, 0.2) is 114 Å². The lowest BCUT2D eigenvalue weighted by molar-refractivity contribution is 0.446. The molecule has 0 fully saturated rings. The van der Waals surface area contributed by atoms with Crippen molar-refractivity contribution in [2.45, 2.75) is 0 Å². The van der Waals surface area contributed by atoms with Crippen LogP contribution in [0.25, 0.3) is 44.5 Å². The Labute approximate surface area is 184 Å². The van der Waals surface area contributed by atoms with Gasteiger partial charge in [-0.15, -0.1) is 0 Å². The smallest absolute Gasteiger partial charge is 0.221 e. The molecule has 4 heteroatoms. The average molecular weight is 414 g/mol. The van der Waals surface area contributed by atoms with Gasteiger partial charge in [0.15, 0.2) is 0 Å². The standard InChI is InChI=1S/C28H18N2O2/c1-2-8-19(9-3-1)23-11-6-14-27(29-23)32-28-15-7-12-24(30-28)20-16-17-22-21-10-4-5-13-25(21)31-26(22)18-20/h1-18H. The lowest BCUT2D eigenvalue weighted by Crippen LogP contribution is -1.93. The molecule has 32 heavy (non-hydrogen) atoms. The molecule has 3 aromatic heterocycles. The quantitative estimate of drug-likeness (QED) is 0.300. The van der Waals surface area contributed by atoms with Gasteiger partial charge in [0.05, 0.1) is 11.4 Å².